The average Bonchev–Trinajstić information content (AvgIpc) is 2.55. The second-order valence-electron chi connectivity index (χ2n) is 5.56. The monoisotopic (exact) mass is 394 g/mol. The summed E-state index contributed by atoms with van der Waals surface area (Å²) in [5.41, 5.74) is 1.11. The van der Waals surface area contributed by atoms with Crippen molar-refractivity contribution in [2.75, 3.05) is 27.2 Å². The summed E-state index contributed by atoms with van der Waals surface area (Å²) in [7, 11) is 3.91. The molecule has 0 bridgehead atoms. The molecule has 1 atom stereocenters. The number of likely N-dealkylation sites (N-methyl/N-ethyl adjacent to an activating group) is 1. The molecule has 24 heavy (non-hydrogen) atoms. The predicted molar refractivity (Wildman–Crippen MR) is 95.5 cm³/mol. The van der Waals surface area contributed by atoms with E-state index in [0.29, 0.717) is 11.0 Å². The maximum absolute atomic E-state index is 13.6. The summed E-state index contributed by atoms with van der Waals surface area (Å²) in [6.45, 7) is 0.218. The number of nitrogens with one attached hydrogen (secondary N) is 1. The Morgan fingerprint density at radius 2 is 1.96 bits per heavy atom. The van der Waals surface area contributed by atoms with Crippen molar-refractivity contribution in [3.05, 3.63) is 64.4 Å². The molecule has 2 aromatic rings. The van der Waals surface area contributed by atoms with Crippen LogP contribution in [0.2, 0.25) is 0 Å². The van der Waals surface area contributed by atoms with Gasteiger partial charge < -0.3 is 15.0 Å². The van der Waals surface area contributed by atoms with E-state index >= 15 is 0 Å². The molecule has 0 radical (unpaired) electrons. The van der Waals surface area contributed by atoms with Crippen LogP contribution in [0.3, 0.4) is 0 Å². The topological polar surface area (TPSA) is 41.6 Å². The van der Waals surface area contributed by atoms with Crippen molar-refractivity contribution >= 4 is 21.8 Å². The van der Waals surface area contributed by atoms with Crippen molar-refractivity contribution in [2.24, 2.45) is 0 Å². The van der Waals surface area contributed by atoms with E-state index in [1.165, 1.54) is 12.1 Å². The highest BCUT2D eigenvalue weighted by Crippen LogP contribution is 2.21. The number of nitrogens with zero attached hydrogens (tertiary/aromatic N) is 1. The van der Waals surface area contributed by atoms with Crippen molar-refractivity contribution < 1.29 is 13.9 Å². The summed E-state index contributed by atoms with van der Waals surface area (Å²) in [6, 6.07) is 14.4. The number of ether oxygens (including phenoxy) is 1. The van der Waals surface area contributed by atoms with Crippen LogP contribution in [0.4, 0.5) is 4.39 Å². The van der Waals surface area contributed by atoms with Gasteiger partial charge in [-0.1, -0.05) is 46.3 Å². The molecule has 0 aromatic heterocycles. The summed E-state index contributed by atoms with van der Waals surface area (Å²) in [6.07, 6.45) is 0. The van der Waals surface area contributed by atoms with Crippen molar-refractivity contribution in [3.8, 4) is 5.75 Å². The quantitative estimate of drug-likeness (QED) is 0.782. The highest BCUT2D eigenvalue weighted by Gasteiger charge is 2.15. The molecule has 0 aliphatic rings. The van der Waals surface area contributed by atoms with Gasteiger partial charge in [0.1, 0.15) is 0 Å². The minimum atomic E-state index is -0.507. The number of amides is 1. The van der Waals surface area contributed by atoms with E-state index in [-0.39, 0.29) is 24.3 Å². The molecule has 0 saturated heterocycles. The lowest BCUT2D eigenvalue weighted by Gasteiger charge is -2.25. The molecule has 0 spiro atoms. The van der Waals surface area contributed by atoms with Gasteiger partial charge in [-0.3, -0.25) is 4.79 Å². The zero-order chi connectivity index (χ0) is 17.5. The van der Waals surface area contributed by atoms with Crippen molar-refractivity contribution in [2.45, 2.75) is 6.04 Å². The Labute approximate surface area is 149 Å². The Balaban J connectivity index is 1.87. The van der Waals surface area contributed by atoms with Crippen molar-refractivity contribution in [3.63, 3.8) is 0 Å². The van der Waals surface area contributed by atoms with Crippen LogP contribution >= 0.6 is 15.9 Å². The van der Waals surface area contributed by atoms with Gasteiger partial charge in [0.15, 0.2) is 18.2 Å². The molecule has 0 saturated carbocycles. The maximum Gasteiger partial charge on any atom is 0.258 e. The fourth-order valence-corrected chi connectivity index (χ4v) is 2.60. The normalized spacial score (nSPS) is 12.0. The molecule has 0 aliphatic carbocycles. The van der Waals surface area contributed by atoms with E-state index in [1.54, 1.807) is 6.07 Å². The minimum Gasteiger partial charge on any atom is -0.481 e. The van der Waals surface area contributed by atoms with Gasteiger partial charge in [0, 0.05) is 11.0 Å². The second kappa shape index (κ2) is 8.80. The molecule has 1 amide bonds. The summed E-state index contributed by atoms with van der Waals surface area (Å²) < 4.78 is 19.5. The number of halogens is 2. The van der Waals surface area contributed by atoms with E-state index in [4.69, 9.17) is 4.74 Å². The summed E-state index contributed by atoms with van der Waals surface area (Å²) >= 11 is 3.17. The highest BCUT2D eigenvalue weighted by molar-refractivity contribution is 9.10. The lowest BCUT2D eigenvalue weighted by molar-refractivity contribution is -0.123. The molecule has 1 unspecified atom stereocenters. The third-order valence-corrected chi connectivity index (χ3v) is 4.05. The van der Waals surface area contributed by atoms with Crippen LogP contribution in [0.1, 0.15) is 11.6 Å². The predicted octanol–water partition coefficient (Wildman–Crippen LogP) is 3.39. The molecule has 2 aromatic carbocycles. The number of rotatable bonds is 7. The Morgan fingerprint density at radius 1 is 1.25 bits per heavy atom. The molecule has 2 rings (SSSR count). The number of carbonyl (C=O) groups excluding carboxylic acids is 1. The van der Waals surface area contributed by atoms with E-state index in [9.17, 15) is 9.18 Å². The zero-order valence-electron chi connectivity index (χ0n) is 13.6. The van der Waals surface area contributed by atoms with E-state index in [0.717, 1.165) is 5.56 Å². The van der Waals surface area contributed by atoms with Crippen molar-refractivity contribution in [1.82, 2.24) is 10.2 Å². The van der Waals surface area contributed by atoms with Crippen LogP contribution in [0.15, 0.2) is 53.0 Å². The van der Waals surface area contributed by atoms with Gasteiger partial charge in [0.2, 0.25) is 0 Å². The number of carbonyl (C=O) groups is 1. The highest BCUT2D eigenvalue weighted by atomic mass is 79.9. The fraction of sp³-hybridized carbons (Fsp3) is 0.278. The zero-order valence-corrected chi connectivity index (χ0v) is 15.2. The molecule has 0 aliphatic heterocycles. The first kappa shape index (κ1) is 18.4. The van der Waals surface area contributed by atoms with Gasteiger partial charge in [-0.05, 0) is 37.9 Å². The lowest BCUT2D eigenvalue weighted by atomic mass is 10.1. The van der Waals surface area contributed by atoms with Gasteiger partial charge in [0.05, 0.1) is 6.04 Å². The first-order chi connectivity index (χ1) is 11.5. The molecular formula is C18H20BrFN2O2. The molecule has 0 fully saturated rings. The molecule has 1 N–H and O–H groups in total. The van der Waals surface area contributed by atoms with E-state index in [2.05, 4.69) is 21.2 Å². The van der Waals surface area contributed by atoms with E-state index < -0.39 is 5.82 Å². The number of hydrogen-bond acceptors (Lipinski definition) is 3. The van der Waals surface area contributed by atoms with Crippen molar-refractivity contribution in [1.29, 1.82) is 0 Å². The summed E-state index contributed by atoms with van der Waals surface area (Å²) in [5, 5.41) is 2.83. The lowest BCUT2D eigenvalue weighted by Crippen LogP contribution is -2.36. The van der Waals surface area contributed by atoms with Gasteiger partial charge in [-0.25, -0.2) is 4.39 Å². The third kappa shape index (κ3) is 5.32. The maximum atomic E-state index is 13.6. The van der Waals surface area contributed by atoms with Gasteiger partial charge in [0.25, 0.3) is 5.91 Å². The smallest absolute Gasteiger partial charge is 0.258 e. The Kier molecular flexibility index (Phi) is 6.75. The van der Waals surface area contributed by atoms with Gasteiger partial charge in [-0.2, -0.15) is 0 Å². The second-order valence-corrected chi connectivity index (χ2v) is 6.47. The Bertz CT molecular complexity index is 680. The third-order valence-electron chi connectivity index (χ3n) is 3.55. The van der Waals surface area contributed by atoms with Crippen LogP contribution in [-0.4, -0.2) is 38.1 Å². The van der Waals surface area contributed by atoms with E-state index in [1.807, 2.05) is 49.3 Å². The fourth-order valence-electron chi connectivity index (χ4n) is 2.27. The average molecular weight is 395 g/mol. The number of benzene rings is 2. The summed E-state index contributed by atoms with van der Waals surface area (Å²) in [4.78, 5) is 14.0. The molecular weight excluding hydrogens is 375 g/mol. The molecule has 6 heteroatoms. The molecule has 0 heterocycles. The van der Waals surface area contributed by atoms with Crippen LogP contribution in [0.25, 0.3) is 0 Å². The van der Waals surface area contributed by atoms with Crippen LogP contribution in [-0.2, 0) is 4.79 Å². The molecule has 128 valence electrons. The standard InChI is InChI=1S/C18H20BrFN2O2/c1-22(2)16(13-6-4-3-5-7-13)11-21-18(23)12-24-17-9-8-14(19)10-15(17)20/h3-10,16H,11-12H2,1-2H3,(H,21,23). The SMILES string of the molecule is CN(C)C(CNC(=O)COc1ccc(Br)cc1F)c1ccccc1. The molecule has 4 nitrogen and oxygen atoms in total. The first-order valence-corrected chi connectivity index (χ1v) is 8.32. The van der Waals surface area contributed by atoms with Gasteiger partial charge >= 0.3 is 0 Å². The van der Waals surface area contributed by atoms with Crippen LogP contribution in [0.5, 0.6) is 5.75 Å². The Morgan fingerprint density at radius 3 is 2.58 bits per heavy atom. The minimum absolute atomic E-state index is 0.0552. The van der Waals surface area contributed by atoms with Crippen LogP contribution in [0, 0.1) is 5.82 Å². The largest absolute Gasteiger partial charge is 0.481 e. The summed E-state index contributed by atoms with van der Waals surface area (Å²) in [5.74, 6) is -0.742. The van der Waals surface area contributed by atoms with Crippen LogP contribution < -0.4 is 10.1 Å². The Hall–Kier alpha value is -1.92. The first-order valence-electron chi connectivity index (χ1n) is 7.53. The number of hydrogen-bond donors (Lipinski definition) is 1. The van der Waals surface area contributed by atoms with Gasteiger partial charge in [-0.15, -0.1) is 0 Å².